The van der Waals surface area contributed by atoms with Crippen molar-refractivity contribution < 1.29 is 9.38 Å². The van der Waals surface area contributed by atoms with Gasteiger partial charge in [-0.15, -0.1) is 0 Å². The highest BCUT2D eigenvalue weighted by atomic mass is 16.6. The molecule has 5 aliphatic rings. The van der Waals surface area contributed by atoms with Gasteiger partial charge in [0.25, 0.3) is 0 Å². The van der Waals surface area contributed by atoms with Gasteiger partial charge in [-0.3, -0.25) is 0 Å². The first-order chi connectivity index (χ1) is 17.7. The topological polar surface area (TPSA) is 32.3 Å². The Balaban J connectivity index is 1.24. The molecule has 0 amide bonds. The summed E-state index contributed by atoms with van der Waals surface area (Å²) in [4.78, 5) is 0. The summed E-state index contributed by atoms with van der Waals surface area (Å²) < 4.78 is 7.41. The lowest BCUT2D eigenvalue weighted by Gasteiger charge is -2.58. The van der Waals surface area contributed by atoms with E-state index in [0.717, 1.165) is 38.5 Å². The summed E-state index contributed by atoms with van der Waals surface area (Å²) in [5, 5.41) is 16.6. The van der Waals surface area contributed by atoms with Crippen LogP contribution in [0, 0.1) is 16.5 Å². The molecular weight excluding hydrogens is 454 g/mol. The smallest absolute Gasteiger partial charge is 0.0975 e. The normalized spacial score (nSPS) is 40.0. The Morgan fingerprint density at radius 3 is 2.65 bits per heavy atom. The van der Waals surface area contributed by atoms with Crippen molar-refractivity contribution in [2.75, 3.05) is 6.54 Å². The summed E-state index contributed by atoms with van der Waals surface area (Å²) in [6, 6.07) is 16.2. The van der Waals surface area contributed by atoms with Gasteiger partial charge in [0.15, 0.2) is 0 Å². The standard InChI is InChI=1S/C34H43NO2/c1-5-35(36,23(2)3)29-13-12-27-21-28-16-17-32(4)30(26-11-10-24-8-6-7-9-25(24)20-26)14-15-31(32)34(28)19-18-33(27,22-29)37-34/h6-11,16,20-21,23,29-31H,5,12-15,17-19,22H2,1-4H3/t29-,30-,31-,32-,33-,34?,35?/m1/s1. The van der Waals surface area contributed by atoms with Gasteiger partial charge in [0.2, 0.25) is 0 Å². The van der Waals surface area contributed by atoms with Crippen molar-refractivity contribution in [2.45, 2.75) is 108 Å². The van der Waals surface area contributed by atoms with Gasteiger partial charge in [0, 0.05) is 12.8 Å². The van der Waals surface area contributed by atoms with Crippen molar-refractivity contribution in [1.29, 1.82) is 0 Å². The Bertz CT molecular complexity index is 1310. The number of hydroxylamine groups is 3. The molecule has 1 saturated heterocycles. The number of quaternary nitrogens is 1. The summed E-state index contributed by atoms with van der Waals surface area (Å²) in [6.45, 7) is 9.50. The molecule has 2 aromatic rings. The van der Waals surface area contributed by atoms with Crippen LogP contribution < -0.4 is 0 Å². The van der Waals surface area contributed by atoms with Crippen LogP contribution in [-0.4, -0.2) is 34.5 Å². The molecule has 3 fully saturated rings. The van der Waals surface area contributed by atoms with Crippen molar-refractivity contribution >= 4 is 10.8 Å². The monoisotopic (exact) mass is 497 g/mol. The van der Waals surface area contributed by atoms with Crippen molar-refractivity contribution in [3.05, 3.63) is 76.5 Å². The van der Waals surface area contributed by atoms with Crippen LogP contribution in [0.15, 0.2) is 65.8 Å². The molecule has 3 aliphatic carbocycles. The first kappa shape index (κ1) is 24.1. The zero-order valence-corrected chi connectivity index (χ0v) is 23.1. The van der Waals surface area contributed by atoms with Crippen molar-refractivity contribution in [1.82, 2.24) is 0 Å². The fraction of sp³-hybridized carbons (Fsp3) is 0.588. The maximum atomic E-state index is 13.9. The van der Waals surface area contributed by atoms with E-state index in [-0.39, 0.29) is 33.3 Å². The molecule has 0 aromatic heterocycles. The average molecular weight is 498 g/mol. The maximum absolute atomic E-state index is 13.9. The number of benzene rings is 2. The average Bonchev–Trinajstić information content (AvgIpc) is 3.42. The van der Waals surface area contributed by atoms with Crippen LogP contribution in [0.1, 0.15) is 90.5 Å². The zero-order chi connectivity index (χ0) is 25.6. The molecular formula is C34H43NO2. The number of fused-ring (bicyclic) bond motifs is 2. The Kier molecular flexibility index (Phi) is 5.24. The van der Waals surface area contributed by atoms with E-state index in [2.05, 4.69) is 82.3 Å². The summed E-state index contributed by atoms with van der Waals surface area (Å²) >= 11 is 0. The molecule has 37 heavy (non-hydrogen) atoms. The number of hydrogen-bond acceptors (Lipinski definition) is 2. The fourth-order valence-corrected chi connectivity index (χ4v) is 9.77. The molecule has 7 atom stereocenters. The lowest BCUT2D eigenvalue weighted by Crippen LogP contribution is -2.61. The summed E-state index contributed by atoms with van der Waals surface area (Å²) in [5.41, 5.74) is 4.30. The largest absolute Gasteiger partial charge is 0.632 e. The molecule has 2 bridgehead atoms. The third-order valence-electron chi connectivity index (χ3n) is 11.8. The van der Waals surface area contributed by atoms with E-state index in [1.807, 2.05) is 0 Å². The first-order valence-corrected chi connectivity index (χ1v) is 14.9. The van der Waals surface area contributed by atoms with Crippen LogP contribution in [0.2, 0.25) is 0 Å². The molecule has 0 N–H and O–H groups in total. The minimum atomic E-state index is -0.211. The van der Waals surface area contributed by atoms with Crippen molar-refractivity contribution in [2.24, 2.45) is 11.3 Å². The van der Waals surface area contributed by atoms with Gasteiger partial charge >= 0.3 is 0 Å². The van der Waals surface area contributed by atoms with Gasteiger partial charge in [-0.1, -0.05) is 61.5 Å². The van der Waals surface area contributed by atoms with E-state index < -0.39 is 0 Å². The summed E-state index contributed by atoms with van der Waals surface area (Å²) in [6.07, 6.45) is 13.8. The van der Waals surface area contributed by atoms with E-state index in [9.17, 15) is 5.21 Å². The predicted octanol–water partition coefficient (Wildman–Crippen LogP) is 8.19. The molecule has 2 unspecified atom stereocenters. The van der Waals surface area contributed by atoms with Crippen LogP contribution in [0.4, 0.5) is 0 Å². The third-order valence-corrected chi connectivity index (χ3v) is 11.8. The summed E-state index contributed by atoms with van der Waals surface area (Å²) in [7, 11) is 0. The number of ether oxygens (including phenoxy) is 1. The third kappa shape index (κ3) is 3.17. The minimum Gasteiger partial charge on any atom is -0.632 e. The van der Waals surface area contributed by atoms with Gasteiger partial charge in [-0.2, -0.15) is 0 Å². The molecule has 2 aliphatic heterocycles. The zero-order valence-electron chi connectivity index (χ0n) is 23.1. The molecule has 0 radical (unpaired) electrons. The molecule has 3 heteroatoms. The van der Waals surface area contributed by atoms with Crippen LogP contribution in [0.5, 0.6) is 0 Å². The van der Waals surface area contributed by atoms with E-state index in [1.54, 1.807) is 0 Å². The van der Waals surface area contributed by atoms with E-state index in [4.69, 9.17) is 4.74 Å². The van der Waals surface area contributed by atoms with Crippen molar-refractivity contribution in [3.63, 3.8) is 0 Å². The van der Waals surface area contributed by atoms with Gasteiger partial charge in [-0.25, -0.2) is 0 Å². The number of allylic oxidation sites excluding steroid dienone is 1. The second kappa shape index (κ2) is 8.04. The molecule has 2 spiro atoms. The lowest BCUT2D eigenvalue weighted by atomic mass is 9.58. The Morgan fingerprint density at radius 2 is 1.86 bits per heavy atom. The van der Waals surface area contributed by atoms with Crippen molar-refractivity contribution in [3.8, 4) is 0 Å². The SMILES string of the molecule is CC[N+]([O-])(C(C)C)[C@@H]1CCC2=CC3=CC[C@]4(C)[C@@H](c5ccc6ccccc6c5)CC[C@H]4C34CC[C@]2(C1)O4. The second-order valence-corrected chi connectivity index (χ2v) is 13.5. The highest BCUT2D eigenvalue weighted by Gasteiger charge is 2.67. The molecule has 196 valence electrons. The molecule has 2 heterocycles. The Labute approximate surface area is 222 Å². The predicted molar refractivity (Wildman–Crippen MR) is 151 cm³/mol. The van der Waals surface area contributed by atoms with Gasteiger partial charge in [-0.05, 0) is 104 Å². The molecule has 2 aromatic carbocycles. The van der Waals surface area contributed by atoms with Gasteiger partial charge < -0.3 is 14.6 Å². The lowest BCUT2D eigenvalue weighted by molar-refractivity contribution is -0.925. The van der Waals surface area contributed by atoms with Crippen LogP contribution in [0.25, 0.3) is 10.8 Å². The Morgan fingerprint density at radius 1 is 1.05 bits per heavy atom. The molecule has 2 saturated carbocycles. The number of rotatable bonds is 4. The molecule has 7 rings (SSSR count). The second-order valence-electron chi connectivity index (χ2n) is 13.5. The van der Waals surface area contributed by atoms with E-state index in [1.165, 1.54) is 40.3 Å². The van der Waals surface area contributed by atoms with Crippen LogP contribution in [0.3, 0.4) is 0 Å². The first-order valence-electron chi connectivity index (χ1n) is 14.9. The maximum Gasteiger partial charge on any atom is 0.0975 e. The van der Waals surface area contributed by atoms with Crippen LogP contribution in [-0.2, 0) is 4.74 Å². The molecule has 3 nitrogen and oxygen atoms in total. The highest BCUT2D eigenvalue weighted by Crippen LogP contribution is 2.69. The van der Waals surface area contributed by atoms with E-state index >= 15 is 0 Å². The van der Waals surface area contributed by atoms with Crippen LogP contribution >= 0.6 is 0 Å². The minimum absolute atomic E-state index is 0.0702. The van der Waals surface area contributed by atoms with Gasteiger partial charge in [0.05, 0.1) is 29.8 Å². The highest BCUT2D eigenvalue weighted by molar-refractivity contribution is 5.83. The number of nitrogens with zero attached hydrogens (tertiary/aromatic N) is 1. The van der Waals surface area contributed by atoms with E-state index in [0.29, 0.717) is 18.4 Å². The fourth-order valence-electron chi connectivity index (χ4n) is 9.77. The van der Waals surface area contributed by atoms with Gasteiger partial charge in [0.1, 0.15) is 0 Å². The Hall–Kier alpha value is -1.94. The number of hydrogen-bond donors (Lipinski definition) is 0. The quantitative estimate of drug-likeness (QED) is 0.315. The summed E-state index contributed by atoms with van der Waals surface area (Å²) in [5.74, 6) is 1.10.